The van der Waals surface area contributed by atoms with Gasteiger partial charge in [-0.2, -0.15) is 0 Å². The van der Waals surface area contributed by atoms with Crippen molar-refractivity contribution in [2.24, 2.45) is 0 Å². The van der Waals surface area contributed by atoms with Crippen molar-refractivity contribution in [3.05, 3.63) is 71.3 Å². The molecule has 1 heterocycles. The number of alkyl carbamates (subject to hydrolysis) is 1. The second kappa shape index (κ2) is 10.5. The predicted molar refractivity (Wildman–Crippen MR) is 128 cm³/mol. The number of likely N-dealkylation sites (tertiary alicyclic amines) is 1. The molecule has 34 heavy (non-hydrogen) atoms. The van der Waals surface area contributed by atoms with Gasteiger partial charge in [-0.1, -0.05) is 54.6 Å². The van der Waals surface area contributed by atoms with Crippen molar-refractivity contribution in [1.82, 2.24) is 10.2 Å². The van der Waals surface area contributed by atoms with Gasteiger partial charge in [0.05, 0.1) is 6.42 Å². The molecule has 7 heteroatoms. The van der Waals surface area contributed by atoms with E-state index in [0.717, 1.165) is 24.0 Å². The SMILES string of the molecule is C/C(=C\CNC(=O)OCC1c2ccccc2-c2ccccc21)C(=O)N1CCCC[C@H]1CC(=O)O. The van der Waals surface area contributed by atoms with Crippen molar-refractivity contribution >= 4 is 18.0 Å². The highest BCUT2D eigenvalue weighted by Gasteiger charge is 2.30. The lowest BCUT2D eigenvalue weighted by Gasteiger charge is -2.35. The van der Waals surface area contributed by atoms with Gasteiger partial charge in [-0.25, -0.2) is 4.79 Å². The van der Waals surface area contributed by atoms with E-state index in [4.69, 9.17) is 9.84 Å². The Morgan fingerprint density at radius 3 is 2.35 bits per heavy atom. The number of carbonyl (C=O) groups excluding carboxylic acids is 2. The molecule has 0 saturated carbocycles. The van der Waals surface area contributed by atoms with E-state index >= 15 is 0 Å². The second-order valence-electron chi connectivity index (χ2n) is 8.84. The number of hydrogen-bond acceptors (Lipinski definition) is 4. The Bertz CT molecular complexity index is 1060. The van der Waals surface area contributed by atoms with E-state index in [2.05, 4.69) is 29.6 Å². The van der Waals surface area contributed by atoms with Crippen LogP contribution in [0.5, 0.6) is 0 Å². The first kappa shape index (κ1) is 23.5. The van der Waals surface area contributed by atoms with Crippen LogP contribution in [0.15, 0.2) is 60.2 Å². The Labute approximate surface area is 199 Å². The van der Waals surface area contributed by atoms with E-state index < -0.39 is 12.1 Å². The molecule has 0 spiro atoms. The molecular formula is C27H30N2O5. The summed E-state index contributed by atoms with van der Waals surface area (Å²) >= 11 is 0. The largest absolute Gasteiger partial charge is 0.481 e. The summed E-state index contributed by atoms with van der Waals surface area (Å²) in [5.74, 6) is -1.09. The standard InChI is InChI=1S/C27H30N2O5/c1-18(26(32)29-15-7-6-8-19(29)16-25(30)31)13-14-28-27(33)34-17-24-22-11-4-2-9-20(22)21-10-3-5-12-23(21)24/h2-5,9-13,19,24H,6-8,14-17H2,1H3,(H,28,33)(H,30,31)/b18-13+/t19-/m0/s1. The molecule has 0 unspecified atom stereocenters. The normalized spacial score (nSPS) is 17.6. The fraction of sp³-hybridized carbons (Fsp3) is 0.370. The van der Waals surface area contributed by atoms with Crippen molar-refractivity contribution in [2.75, 3.05) is 19.7 Å². The molecule has 0 aromatic heterocycles. The molecule has 2 N–H and O–H groups in total. The molecule has 2 amide bonds. The molecule has 1 aliphatic heterocycles. The van der Waals surface area contributed by atoms with Crippen LogP contribution >= 0.6 is 0 Å². The zero-order chi connectivity index (χ0) is 24.1. The van der Waals surface area contributed by atoms with E-state index in [1.807, 2.05) is 24.3 Å². The first-order valence-corrected chi connectivity index (χ1v) is 11.7. The Morgan fingerprint density at radius 1 is 1.06 bits per heavy atom. The predicted octanol–water partition coefficient (Wildman–Crippen LogP) is 4.33. The summed E-state index contributed by atoms with van der Waals surface area (Å²) in [5, 5.41) is 11.8. The molecule has 2 aromatic rings. The number of benzene rings is 2. The Kier molecular flexibility index (Phi) is 7.30. The molecule has 1 atom stereocenters. The van der Waals surface area contributed by atoms with Crippen LogP contribution in [-0.2, 0) is 14.3 Å². The molecule has 2 aromatic carbocycles. The van der Waals surface area contributed by atoms with Gasteiger partial charge in [-0.15, -0.1) is 0 Å². The highest BCUT2D eigenvalue weighted by molar-refractivity contribution is 5.93. The van der Waals surface area contributed by atoms with E-state index in [1.54, 1.807) is 17.9 Å². The first-order valence-electron chi connectivity index (χ1n) is 11.7. The fourth-order valence-corrected chi connectivity index (χ4v) is 4.93. The first-order chi connectivity index (χ1) is 16.5. The van der Waals surface area contributed by atoms with Crippen molar-refractivity contribution in [2.45, 2.75) is 44.6 Å². The summed E-state index contributed by atoms with van der Waals surface area (Å²) in [7, 11) is 0. The number of amides is 2. The lowest BCUT2D eigenvalue weighted by atomic mass is 9.98. The van der Waals surface area contributed by atoms with Crippen LogP contribution in [0.4, 0.5) is 4.79 Å². The fourth-order valence-electron chi connectivity index (χ4n) is 4.93. The minimum atomic E-state index is -0.900. The molecule has 1 aliphatic carbocycles. The number of fused-ring (bicyclic) bond motifs is 3. The highest BCUT2D eigenvalue weighted by atomic mass is 16.5. The van der Waals surface area contributed by atoms with Gasteiger partial charge in [0.25, 0.3) is 0 Å². The van der Waals surface area contributed by atoms with Gasteiger partial charge < -0.3 is 20.1 Å². The molecule has 7 nitrogen and oxygen atoms in total. The average Bonchev–Trinajstić information content (AvgIpc) is 3.16. The van der Waals surface area contributed by atoms with E-state index in [-0.39, 0.29) is 37.4 Å². The maximum Gasteiger partial charge on any atom is 0.407 e. The smallest absolute Gasteiger partial charge is 0.407 e. The van der Waals surface area contributed by atoms with Gasteiger partial charge in [0.2, 0.25) is 5.91 Å². The molecule has 0 bridgehead atoms. The number of hydrogen-bond donors (Lipinski definition) is 2. The summed E-state index contributed by atoms with van der Waals surface area (Å²) in [6.45, 7) is 2.63. The Hall–Kier alpha value is -3.61. The summed E-state index contributed by atoms with van der Waals surface area (Å²) in [4.78, 5) is 37.9. The van der Waals surface area contributed by atoms with E-state index in [0.29, 0.717) is 18.5 Å². The lowest BCUT2D eigenvalue weighted by molar-refractivity contribution is -0.140. The van der Waals surface area contributed by atoms with E-state index in [9.17, 15) is 14.4 Å². The van der Waals surface area contributed by atoms with Gasteiger partial charge in [-0.3, -0.25) is 9.59 Å². The van der Waals surface area contributed by atoms with Crippen LogP contribution in [0.2, 0.25) is 0 Å². The van der Waals surface area contributed by atoms with Gasteiger partial charge in [0.1, 0.15) is 6.61 Å². The van der Waals surface area contributed by atoms with Crippen molar-refractivity contribution < 1.29 is 24.2 Å². The molecule has 1 fully saturated rings. The number of carboxylic acid groups (broad SMARTS) is 1. The molecular weight excluding hydrogens is 432 g/mol. The molecule has 2 aliphatic rings. The number of carboxylic acids is 1. The highest BCUT2D eigenvalue weighted by Crippen LogP contribution is 2.44. The van der Waals surface area contributed by atoms with Gasteiger partial charge in [0, 0.05) is 30.6 Å². The molecule has 1 saturated heterocycles. The van der Waals surface area contributed by atoms with Crippen molar-refractivity contribution in [3.8, 4) is 11.1 Å². The molecule has 0 radical (unpaired) electrons. The van der Waals surface area contributed by atoms with Crippen LogP contribution in [0.3, 0.4) is 0 Å². The summed E-state index contributed by atoms with van der Waals surface area (Å²) in [6.07, 6.45) is 3.55. The average molecular weight is 463 g/mol. The quantitative estimate of drug-likeness (QED) is 0.597. The number of rotatable bonds is 7. The Balaban J connectivity index is 1.30. The monoisotopic (exact) mass is 462 g/mol. The number of nitrogens with one attached hydrogen (secondary N) is 1. The van der Waals surface area contributed by atoms with Gasteiger partial charge in [0.15, 0.2) is 0 Å². The van der Waals surface area contributed by atoms with Crippen LogP contribution in [0, 0.1) is 0 Å². The zero-order valence-corrected chi connectivity index (χ0v) is 19.3. The minimum absolute atomic E-state index is 0.0118. The third-order valence-electron chi connectivity index (χ3n) is 6.63. The number of carbonyl (C=O) groups is 3. The number of piperidine rings is 1. The zero-order valence-electron chi connectivity index (χ0n) is 19.3. The molecule has 178 valence electrons. The summed E-state index contributed by atoms with van der Waals surface area (Å²) in [6, 6.07) is 16.0. The maximum atomic E-state index is 12.8. The third kappa shape index (κ3) is 5.14. The lowest BCUT2D eigenvalue weighted by Crippen LogP contribution is -2.45. The van der Waals surface area contributed by atoms with Crippen molar-refractivity contribution in [3.63, 3.8) is 0 Å². The summed E-state index contributed by atoms with van der Waals surface area (Å²) < 4.78 is 5.52. The van der Waals surface area contributed by atoms with Crippen LogP contribution < -0.4 is 5.32 Å². The maximum absolute atomic E-state index is 12.8. The summed E-state index contributed by atoms with van der Waals surface area (Å²) in [5.41, 5.74) is 5.12. The second-order valence-corrected chi connectivity index (χ2v) is 8.84. The van der Waals surface area contributed by atoms with Gasteiger partial charge in [-0.05, 0) is 48.4 Å². The number of ether oxygens (including phenoxy) is 1. The molecule has 4 rings (SSSR count). The topological polar surface area (TPSA) is 95.9 Å². The van der Waals surface area contributed by atoms with E-state index in [1.165, 1.54) is 11.1 Å². The third-order valence-corrected chi connectivity index (χ3v) is 6.63. The van der Waals surface area contributed by atoms with Crippen LogP contribution in [0.25, 0.3) is 11.1 Å². The van der Waals surface area contributed by atoms with Crippen LogP contribution in [0.1, 0.15) is 49.7 Å². The number of nitrogens with zero attached hydrogens (tertiary/aromatic N) is 1. The number of aliphatic carboxylic acids is 1. The minimum Gasteiger partial charge on any atom is -0.481 e. The van der Waals surface area contributed by atoms with Crippen LogP contribution in [-0.4, -0.2) is 53.7 Å². The Morgan fingerprint density at radius 2 is 1.71 bits per heavy atom. The van der Waals surface area contributed by atoms with Crippen molar-refractivity contribution in [1.29, 1.82) is 0 Å². The van der Waals surface area contributed by atoms with Gasteiger partial charge >= 0.3 is 12.1 Å².